The molecule has 0 spiro atoms. The molecule has 1 fully saturated rings. The Kier molecular flexibility index (Phi) is 3.24. The fraction of sp³-hybridized carbons (Fsp3) is 0.300. The molecular weight excluding hydrogens is 274 g/mol. The molecule has 1 saturated heterocycles. The molecule has 1 aromatic rings. The van der Waals surface area contributed by atoms with Gasteiger partial charge in [-0.25, -0.2) is 4.39 Å². The lowest BCUT2D eigenvalue weighted by molar-refractivity contribution is -0.137. The van der Waals surface area contributed by atoms with Crippen LogP contribution in [0.3, 0.4) is 0 Å². The summed E-state index contributed by atoms with van der Waals surface area (Å²) in [5.74, 6) is -1.61. The summed E-state index contributed by atoms with van der Waals surface area (Å²) in [7, 11) is 0. The lowest BCUT2D eigenvalue weighted by Gasteiger charge is -2.13. The maximum absolute atomic E-state index is 13.5. The van der Waals surface area contributed by atoms with Gasteiger partial charge in [-0.2, -0.15) is 13.2 Å². The van der Waals surface area contributed by atoms with Crippen molar-refractivity contribution in [1.82, 2.24) is 5.32 Å². The van der Waals surface area contributed by atoms with Crippen molar-refractivity contribution in [3.8, 4) is 0 Å². The summed E-state index contributed by atoms with van der Waals surface area (Å²) in [6.45, 7) is 0. The van der Waals surface area contributed by atoms with Gasteiger partial charge in [0.25, 0.3) is 5.91 Å². The van der Waals surface area contributed by atoms with Crippen molar-refractivity contribution in [2.24, 2.45) is 0 Å². The molecule has 1 aliphatic heterocycles. The molecule has 8 heteroatoms. The van der Waals surface area contributed by atoms with Crippen LogP contribution in [0.2, 0.25) is 0 Å². The lowest BCUT2D eigenvalue weighted by atomic mass is 10.1. The first-order valence-electron chi connectivity index (χ1n) is 4.79. The lowest BCUT2D eigenvalue weighted by Crippen LogP contribution is -2.24. The van der Waals surface area contributed by atoms with E-state index in [2.05, 4.69) is 5.32 Å². The number of alkyl halides is 3. The maximum atomic E-state index is 13.5. The third-order valence-electron chi connectivity index (χ3n) is 2.37. The Morgan fingerprint density at radius 3 is 2.50 bits per heavy atom. The topological polar surface area (TPSA) is 49.3 Å². The van der Waals surface area contributed by atoms with E-state index in [0.717, 1.165) is 0 Å². The molecule has 3 nitrogen and oxygen atoms in total. The first-order chi connectivity index (χ1) is 8.29. The second kappa shape index (κ2) is 4.43. The molecule has 0 radical (unpaired) electrons. The SMILES string of the molecule is O=C1NC(c2cc(C(F)(F)F)ccc2F)SC1O. The molecule has 2 unspecified atom stereocenters. The highest BCUT2D eigenvalue weighted by Crippen LogP contribution is 2.38. The molecule has 1 aromatic carbocycles. The van der Waals surface area contributed by atoms with E-state index in [0.29, 0.717) is 30.0 Å². The van der Waals surface area contributed by atoms with Gasteiger partial charge >= 0.3 is 6.18 Å². The van der Waals surface area contributed by atoms with Crippen LogP contribution in [-0.2, 0) is 11.0 Å². The Morgan fingerprint density at radius 2 is 2.00 bits per heavy atom. The van der Waals surface area contributed by atoms with Gasteiger partial charge < -0.3 is 10.4 Å². The molecule has 98 valence electrons. The van der Waals surface area contributed by atoms with Gasteiger partial charge in [0.1, 0.15) is 11.2 Å². The number of hydrogen-bond acceptors (Lipinski definition) is 3. The van der Waals surface area contributed by atoms with Crippen molar-refractivity contribution in [2.45, 2.75) is 17.0 Å². The minimum absolute atomic E-state index is 0.306. The van der Waals surface area contributed by atoms with Crippen LogP contribution in [0.4, 0.5) is 17.6 Å². The van der Waals surface area contributed by atoms with Crippen LogP contribution in [0.15, 0.2) is 18.2 Å². The standard InChI is InChI=1S/C10H7F4NO2S/c11-6-2-1-4(10(12,13)14)3-5(6)8-15-7(16)9(17)18-8/h1-3,8-9,17H,(H,15,16). The van der Waals surface area contributed by atoms with Crippen molar-refractivity contribution >= 4 is 17.7 Å². The summed E-state index contributed by atoms with van der Waals surface area (Å²) in [4.78, 5) is 11.0. The molecule has 18 heavy (non-hydrogen) atoms. The second-order valence-corrected chi connectivity index (χ2v) is 4.80. The van der Waals surface area contributed by atoms with E-state index < -0.39 is 34.3 Å². The number of halogens is 4. The van der Waals surface area contributed by atoms with Gasteiger partial charge in [-0.3, -0.25) is 4.79 Å². The van der Waals surface area contributed by atoms with Crippen molar-refractivity contribution < 1.29 is 27.5 Å². The van der Waals surface area contributed by atoms with E-state index in [4.69, 9.17) is 5.11 Å². The number of carbonyl (C=O) groups is 1. The van der Waals surface area contributed by atoms with Crippen molar-refractivity contribution in [1.29, 1.82) is 0 Å². The number of benzene rings is 1. The first-order valence-corrected chi connectivity index (χ1v) is 5.74. The minimum atomic E-state index is -4.59. The quantitative estimate of drug-likeness (QED) is 0.774. The monoisotopic (exact) mass is 281 g/mol. The van der Waals surface area contributed by atoms with E-state index in [1.807, 2.05) is 0 Å². The fourth-order valence-corrected chi connectivity index (χ4v) is 2.46. The molecule has 2 N–H and O–H groups in total. The molecule has 1 amide bonds. The Labute approximate surface area is 103 Å². The Bertz CT molecular complexity index is 491. The maximum Gasteiger partial charge on any atom is 0.416 e. The number of amides is 1. The van der Waals surface area contributed by atoms with E-state index in [1.165, 1.54) is 0 Å². The van der Waals surface area contributed by atoms with Gasteiger partial charge in [0.15, 0.2) is 5.44 Å². The van der Waals surface area contributed by atoms with E-state index in [1.54, 1.807) is 0 Å². The fourth-order valence-electron chi connectivity index (χ4n) is 1.50. The average Bonchev–Trinajstić information content (AvgIpc) is 2.58. The molecule has 2 rings (SSSR count). The van der Waals surface area contributed by atoms with Gasteiger partial charge in [0.05, 0.1) is 5.56 Å². The predicted molar refractivity (Wildman–Crippen MR) is 55.9 cm³/mol. The summed E-state index contributed by atoms with van der Waals surface area (Å²) in [5, 5.41) is 10.3. The number of aliphatic hydroxyl groups is 1. The number of hydrogen-bond donors (Lipinski definition) is 2. The third kappa shape index (κ3) is 2.44. The Balaban J connectivity index is 2.36. The Morgan fingerprint density at radius 1 is 1.33 bits per heavy atom. The molecule has 2 atom stereocenters. The number of carbonyl (C=O) groups excluding carboxylic acids is 1. The van der Waals surface area contributed by atoms with Gasteiger partial charge in [0.2, 0.25) is 0 Å². The zero-order valence-electron chi connectivity index (χ0n) is 8.66. The highest BCUT2D eigenvalue weighted by molar-refractivity contribution is 8.01. The molecule has 0 aliphatic carbocycles. The van der Waals surface area contributed by atoms with Crippen LogP contribution >= 0.6 is 11.8 Å². The minimum Gasteiger partial charge on any atom is -0.373 e. The summed E-state index contributed by atoms with van der Waals surface area (Å²) < 4.78 is 50.9. The van der Waals surface area contributed by atoms with E-state index in [-0.39, 0.29) is 5.56 Å². The van der Waals surface area contributed by atoms with Crippen LogP contribution in [0.25, 0.3) is 0 Å². The summed E-state index contributed by atoms with van der Waals surface area (Å²) in [6.07, 6.45) is -4.59. The second-order valence-electron chi connectivity index (χ2n) is 3.61. The molecule has 0 saturated carbocycles. The van der Waals surface area contributed by atoms with Crippen LogP contribution in [0.1, 0.15) is 16.5 Å². The predicted octanol–water partition coefficient (Wildman–Crippen LogP) is 2.02. The molecule has 0 aromatic heterocycles. The third-order valence-corrected chi connectivity index (χ3v) is 3.48. The first kappa shape index (κ1) is 13.2. The zero-order chi connectivity index (χ0) is 13.5. The Hall–Kier alpha value is -1.28. The number of rotatable bonds is 1. The van der Waals surface area contributed by atoms with Crippen molar-refractivity contribution in [3.05, 3.63) is 35.1 Å². The number of thioether (sulfide) groups is 1. The van der Waals surface area contributed by atoms with Gasteiger partial charge in [-0.1, -0.05) is 11.8 Å². The highest BCUT2D eigenvalue weighted by atomic mass is 32.2. The zero-order valence-corrected chi connectivity index (χ0v) is 9.48. The highest BCUT2D eigenvalue weighted by Gasteiger charge is 2.36. The molecular formula is C10H7F4NO2S. The smallest absolute Gasteiger partial charge is 0.373 e. The summed E-state index contributed by atoms with van der Waals surface area (Å²) >= 11 is 0.648. The molecule has 1 aliphatic rings. The van der Waals surface area contributed by atoms with E-state index >= 15 is 0 Å². The largest absolute Gasteiger partial charge is 0.416 e. The van der Waals surface area contributed by atoms with E-state index in [9.17, 15) is 22.4 Å². The van der Waals surface area contributed by atoms with Gasteiger partial charge in [-0.15, -0.1) is 0 Å². The molecule has 0 bridgehead atoms. The summed E-state index contributed by atoms with van der Waals surface area (Å²) in [5.41, 5.74) is -2.71. The van der Waals surface area contributed by atoms with Crippen LogP contribution in [-0.4, -0.2) is 16.4 Å². The van der Waals surface area contributed by atoms with Crippen LogP contribution in [0, 0.1) is 5.82 Å². The van der Waals surface area contributed by atoms with Crippen molar-refractivity contribution in [3.63, 3.8) is 0 Å². The van der Waals surface area contributed by atoms with Gasteiger partial charge in [-0.05, 0) is 18.2 Å². The van der Waals surface area contributed by atoms with Gasteiger partial charge in [0, 0.05) is 5.56 Å². The van der Waals surface area contributed by atoms with Crippen molar-refractivity contribution in [2.75, 3.05) is 0 Å². The van der Waals surface area contributed by atoms with Crippen LogP contribution < -0.4 is 5.32 Å². The number of nitrogens with one attached hydrogen (secondary N) is 1. The number of aliphatic hydroxyl groups excluding tert-OH is 1. The summed E-state index contributed by atoms with van der Waals surface area (Å²) in [6, 6.07) is 1.94. The normalized spacial score (nSPS) is 24.2. The average molecular weight is 281 g/mol. The molecule has 1 heterocycles. The van der Waals surface area contributed by atoms with Crippen LogP contribution in [0.5, 0.6) is 0 Å².